The summed E-state index contributed by atoms with van der Waals surface area (Å²) in [7, 11) is -33.1. The maximum atomic E-state index is 11.3. The smallest absolute Gasteiger partial charge is 0.280 e. The Morgan fingerprint density at radius 3 is 1.06 bits per heavy atom. The first-order valence-corrected chi connectivity index (χ1v) is 23.9. The molecule has 0 spiro atoms. The number of phosphoric ester groups is 3. The molecular weight excluding hydrogens is 822 g/mol. The third kappa shape index (κ3) is 29.6. The molecule has 2 fully saturated rings. The third-order valence-corrected chi connectivity index (χ3v) is 12.4. The van der Waals surface area contributed by atoms with Gasteiger partial charge in [-0.15, -0.1) is 0 Å². The van der Waals surface area contributed by atoms with Crippen molar-refractivity contribution in [1.29, 1.82) is 0 Å². The van der Waals surface area contributed by atoms with Crippen molar-refractivity contribution in [2.24, 2.45) is 0 Å². The van der Waals surface area contributed by atoms with E-state index in [9.17, 15) is 67.0 Å². The van der Waals surface area contributed by atoms with E-state index in [0.29, 0.717) is 7.11 Å². The van der Waals surface area contributed by atoms with Crippen molar-refractivity contribution in [3.8, 4) is 0 Å². The van der Waals surface area contributed by atoms with Crippen LogP contribution in [0.15, 0.2) is 0 Å². The molecule has 2 aliphatic rings. The highest BCUT2D eigenvalue weighted by molar-refractivity contribution is 7.66. The summed E-state index contributed by atoms with van der Waals surface area (Å²) >= 11 is 0. The summed E-state index contributed by atoms with van der Waals surface area (Å²) in [5.74, 6) is 0. The molecule has 2 rings (SSSR count). The topological polar surface area (TPSA) is 385 Å². The average Bonchev–Trinajstić information content (AvgIpc) is 3.49. The van der Waals surface area contributed by atoms with Crippen molar-refractivity contribution in [1.82, 2.24) is 0 Å². The number of phosphoric acid groups is 6. The molecule has 51 heavy (non-hydrogen) atoms. The maximum absolute atomic E-state index is 11.3. The van der Waals surface area contributed by atoms with Crippen molar-refractivity contribution in [3.05, 3.63) is 0 Å². The second-order valence-electron chi connectivity index (χ2n) is 8.38. The molecular formula is C21H50O24P6-6. The van der Waals surface area contributed by atoms with Gasteiger partial charge < -0.3 is 67.5 Å². The minimum absolute atomic E-state index is 0.227. The summed E-state index contributed by atoms with van der Waals surface area (Å²) in [6.45, 7) is 17.8. The van der Waals surface area contributed by atoms with Gasteiger partial charge in [-0.3, -0.25) is 27.4 Å². The van der Waals surface area contributed by atoms with Crippen LogP contribution in [0.4, 0.5) is 0 Å². The lowest BCUT2D eigenvalue weighted by Crippen LogP contribution is -2.27. The van der Waals surface area contributed by atoms with E-state index >= 15 is 0 Å². The van der Waals surface area contributed by atoms with Crippen LogP contribution in [0.5, 0.6) is 0 Å². The lowest BCUT2D eigenvalue weighted by Gasteiger charge is -2.34. The van der Waals surface area contributed by atoms with E-state index in [2.05, 4.69) is 30.8 Å². The van der Waals surface area contributed by atoms with Crippen LogP contribution < -0.4 is 29.4 Å². The lowest BCUT2D eigenvalue weighted by atomic mass is 10.1. The van der Waals surface area contributed by atoms with Gasteiger partial charge in [0.05, 0.1) is 37.6 Å². The van der Waals surface area contributed by atoms with Crippen LogP contribution in [-0.2, 0) is 67.7 Å². The summed E-state index contributed by atoms with van der Waals surface area (Å²) in [4.78, 5) is 73.7. The molecule has 0 aromatic rings. The zero-order valence-electron chi connectivity index (χ0n) is 29.9. The summed E-state index contributed by atoms with van der Waals surface area (Å²) in [6, 6.07) is 0. The molecule has 0 saturated carbocycles. The molecule has 0 amide bonds. The fraction of sp³-hybridized carbons (Fsp3) is 1.00. The number of hydrogen-bond acceptors (Lipinski definition) is 23. The minimum atomic E-state index is -5.90. The molecule has 3 N–H and O–H groups in total. The van der Waals surface area contributed by atoms with Gasteiger partial charge in [-0.2, -0.15) is 0 Å². The molecule has 8 unspecified atom stereocenters. The molecule has 0 aromatic heterocycles. The number of rotatable bonds is 15. The Morgan fingerprint density at radius 1 is 0.549 bits per heavy atom. The lowest BCUT2D eigenvalue weighted by molar-refractivity contribution is -0.254. The van der Waals surface area contributed by atoms with Crippen LogP contribution in [0, 0.1) is 0 Å². The van der Waals surface area contributed by atoms with Crippen LogP contribution in [0.1, 0.15) is 82.1 Å². The summed E-state index contributed by atoms with van der Waals surface area (Å²) in [5.41, 5.74) is 0. The normalized spacial score (nSPS) is 29.4. The SMILES string of the molecule is CC.CC.CC.CC.COP(=O)([O-])OP(=O)([O-])OP(=O)([O-])OC[C@H]1O[C@@H](C)CC1O.C[C@H]1CC(O)[C@@H](COP(=O)([O-])OP(=O)([O-])OP(=O)([O-])O)O1. The maximum Gasteiger partial charge on any atom is 0.280 e. The molecule has 0 aromatic carbocycles. The van der Waals surface area contributed by atoms with E-state index < -0.39 is 84.6 Å². The second-order valence-corrected chi connectivity index (χ2v) is 17.3. The summed E-state index contributed by atoms with van der Waals surface area (Å²) < 4.78 is 101. The van der Waals surface area contributed by atoms with Crippen molar-refractivity contribution >= 4 is 46.9 Å². The Bertz CT molecular complexity index is 1210. The highest BCUT2D eigenvalue weighted by Crippen LogP contribution is 2.63. The first-order chi connectivity index (χ1) is 23.2. The quantitative estimate of drug-likeness (QED) is 0.191. The van der Waals surface area contributed by atoms with Gasteiger partial charge in [0.15, 0.2) is 0 Å². The van der Waals surface area contributed by atoms with Gasteiger partial charge in [0.25, 0.3) is 46.9 Å². The van der Waals surface area contributed by atoms with Gasteiger partial charge in [-0.1, -0.05) is 55.4 Å². The second kappa shape index (κ2) is 27.3. The Labute approximate surface area is 298 Å². The van der Waals surface area contributed by atoms with E-state index in [4.69, 9.17) is 14.4 Å². The van der Waals surface area contributed by atoms with Crippen molar-refractivity contribution in [2.75, 3.05) is 20.3 Å². The standard InChI is InChI=1S/C7H17O12P3.C6H15O12P3.4C2H6/c1-5-3-6(8)7(17-5)4-16-21(11,12)19-22(13,14)18-20(9,10)15-2;1-4-2-5(7)6(16-4)3-15-20(11,12)18-21(13,14)17-19(8,9)10;4*1-2/h5-8H,3-4H2,1-2H3,(H,9,10)(H,11,12)(H,13,14);4-7H,2-3H2,1H3,(H,11,12)(H,13,14)(H2,8,9,10);4*1-2H3/p-6/t5-,6?,7+;4-,5?,6+;;;;/m00..../s1. The highest BCUT2D eigenvalue weighted by Gasteiger charge is 2.35. The van der Waals surface area contributed by atoms with Crippen LogP contribution >= 0.6 is 46.9 Å². The van der Waals surface area contributed by atoms with Crippen LogP contribution in [0.25, 0.3) is 0 Å². The molecule has 0 radical (unpaired) electrons. The first kappa shape index (κ1) is 58.4. The molecule has 2 aliphatic heterocycles. The van der Waals surface area contributed by atoms with Crippen LogP contribution in [-0.4, -0.2) is 72.1 Å². The van der Waals surface area contributed by atoms with Gasteiger partial charge in [0.2, 0.25) is 0 Å². The predicted molar refractivity (Wildman–Crippen MR) is 166 cm³/mol. The summed E-state index contributed by atoms with van der Waals surface area (Å²) in [5, 5.41) is 19.0. The van der Waals surface area contributed by atoms with Crippen LogP contribution in [0.2, 0.25) is 0 Å². The average molecular weight is 872 g/mol. The number of ether oxygens (including phenoxy) is 2. The predicted octanol–water partition coefficient (Wildman–Crippen LogP) is 0.703. The summed E-state index contributed by atoms with van der Waals surface area (Å²) in [6.07, 6.45) is -4.26. The van der Waals surface area contributed by atoms with E-state index in [-0.39, 0.29) is 25.0 Å². The Balaban J connectivity index is -0.000000362. The molecule has 24 nitrogen and oxygen atoms in total. The number of aliphatic hydroxyl groups excluding tert-OH is 2. The Kier molecular flexibility index (Phi) is 31.2. The minimum Gasteiger partial charge on any atom is -0.756 e. The van der Waals surface area contributed by atoms with Crippen molar-refractivity contribution < 1.29 is 112 Å². The third-order valence-electron chi connectivity index (χ3n) is 4.64. The zero-order valence-corrected chi connectivity index (χ0v) is 35.3. The monoisotopic (exact) mass is 872 g/mol. The molecule has 30 heteroatoms. The van der Waals surface area contributed by atoms with Gasteiger partial charge in [0.1, 0.15) is 12.2 Å². The Hall–Kier alpha value is 0.660. The number of aliphatic hydroxyl groups is 2. The Morgan fingerprint density at radius 2 is 0.824 bits per heavy atom. The molecule has 2 heterocycles. The zero-order chi connectivity index (χ0) is 41.7. The van der Waals surface area contributed by atoms with Gasteiger partial charge >= 0.3 is 0 Å². The number of hydrogen-bond donors (Lipinski definition) is 3. The molecule has 0 bridgehead atoms. The van der Waals surface area contributed by atoms with Gasteiger partial charge in [-0.25, -0.2) is 17.2 Å². The van der Waals surface area contributed by atoms with Crippen molar-refractivity contribution in [2.45, 2.75) is 119 Å². The first-order valence-electron chi connectivity index (χ1n) is 15.1. The molecule has 12 atom stereocenters. The van der Waals surface area contributed by atoms with Gasteiger partial charge in [-0.05, 0) is 13.8 Å². The fourth-order valence-electron chi connectivity index (χ4n) is 3.11. The van der Waals surface area contributed by atoms with Crippen molar-refractivity contribution in [3.63, 3.8) is 0 Å². The van der Waals surface area contributed by atoms with Gasteiger partial charge in [0, 0.05) is 20.0 Å². The largest absolute Gasteiger partial charge is 0.756 e. The molecule has 314 valence electrons. The fourth-order valence-corrected chi connectivity index (χ4v) is 9.14. The molecule has 2 saturated heterocycles. The van der Waals surface area contributed by atoms with E-state index in [1.165, 1.54) is 0 Å². The van der Waals surface area contributed by atoms with Crippen LogP contribution in [0.3, 0.4) is 0 Å². The van der Waals surface area contributed by atoms with E-state index in [0.717, 1.165) is 0 Å². The highest BCUT2D eigenvalue weighted by atomic mass is 31.3. The van der Waals surface area contributed by atoms with E-state index in [1.54, 1.807) is 13.8 Å². The molecule has 0 aliphatic carbocycles. The van der Waals surface area contributed by atoms with E-state index in [1.807, 2.05) is 55.4 Å².